The van der Waals surface area contributed by atoms with E-state index in [1.165, 1.54) is 18.4 Å². The summed E-state index contributed by atoms with van der Waals surface area (Å²) in [5.41, 5.74) is 1.24. The number of amides is 1. The van der Waals surface area contributed by atoms with Crippen molar-refractivity contribution >= 4 is 11.9 Å². The number of carboxylic acids is 1. The van der Waals surface area contributed by atoms with E-state index in [2.05, 4.69) is 11.4 Å². The van der Waals surface area contributed by atoms with Crippen LogP contribution in [0.5, 0.6) is 0 Å². The summed E-state index contributed by atoms with van der Waals surface area (Å²) in [5, 5.41) is 12.0. The predicted octanol–water partition coefficient (Wildman–Crippen LogP) is 2.49. The molecular formula is C15H23NO3. The predicted molar refractivity (Wildman–Crippen MR) is 72.6 cm³/mol. The molecule has 1 amide bonds. The third kappa shape index (κ3) is 4.08. The van der Waals surface area contributed by atoms with Gasteiger partial charge in [0.2, 0.25) is 5.91 Å². The van der Waals surface area contributed by atoms with Crippen molar-refractivity contribution in [3.05, 3.63) is 11.6 Å². The fourth-order valence-electron chi connectivity index (χ4n) is 3.19. The summed E-state index contributed by atoms with van der Waals surface area (Å²) in [6.45, 7) is 0.517. The molecule has 2 N–H and O–H groups in total. The van der Waals surface area contributed by atoms with Crippen molar-refractivity contribution in [3.8, 4) is 0 Å². The quantitative estimate of drug-likeness (QED) is 0.750. The number of rotatable bonds is 5. The molecule has 2 aliphatic rings. The zero-order valence-corrected chi connectivity index (χ0v) is 11.4. The molecule has 0 aromatic heterocycles. The van der Waals surface area contributed by atoms with Gasteiger partial charge in [0, 0.05) is 13.0 Å². The Bertz CT molecular complexity index is 376. The van der Waals surface area contributed by atoms with E-state index < -0.39 is 5.97 Å². The minimum absolute atomic E-state index is 0.0455. The average molecular weight is 265 g/mol. The van der Waals surface area contributed by atoms with E-state index in [-0.39, 0.29) is 17.7 Å². The highest BCUT2D eigenvalue weighted by Crippen LogP contribution is 2.31. The van der Waals surface area contributed by atoms with Crippen molar-refractivity contribution in [2.45, 2.75) is 51.4 Å². The number of hydrogen-bond acceptors (Lipinski definition) is 2. The van der Waals surface area contributed by atoms with E-state index in [4.69, 9.17) is 5.11 Å². The lowest BCUT2D eigenvalue weighted by Crippen LogP contribution is -2.33. The van der Waals surface area contributed by atoms with Gasteiger partial charge in [0.1, 0.15) is 0 Å². The fourth-order valence-corrected chi connectivity index (χ4v) is 3.19. The molecule has 2 unspecified atom stereocenters. The molecule has 2 aliphatic carbocycles. The molecule has 0 aromatic carbocycles. The van der Waals surface area contributed by atoms with E-state index in [0.29, 0.717) is 13.0 Å². The highest BCUT2D eigenvalue weighted by molar-refractivity contribution is 5.78. The normalized spacial score (nSPS) is 26.8. The summed E-state index contributed by atoms with van der Waals surface area (Å²) < 4.78 is 0. The standard InChI is InChI=1S/C15H23NO3/c17-14(9-11-5-2-1-3-6-11)16-10-12-7-4-8-13(12)15(18)19/h5,12-13H,1-4,6-10H2,(H,16,17)(H,18,19). The van der Waals surface area contributed by atoms with Gasteiger partial charge >= 0.3 is 5.97 Å². The molecule has 4 nitrogen and oxygen atoms in total. The van der Waals surface area contributed by atoms with Crippen LogP contribution in [0, 0.1) is 11.8 Å². The minimum atomic E-state index is -0.716. The molecule has 19 heavy (non-hydrogen) atoms. The second kappa shape index (κ2) is 6.73. The van der Waals surface area contributed by atoms with E-state index in [1.807, 2.05) is 0 Å². The molecule has 2 atom stereocenters. The second-order valence-electron chi connectivity index (χ2n) is 5.72. The van der Waals surface area contributed by atoms with Crippen molar-refractivity contribution in [3.63, 3.8) is 0 Å². The number of carbonyl (C=O) groups is 2. The monoisotopic (exact) mass is 265 g/mol. The molecule has 106 valence electrons. The molecule has 0 aromatic rings. The number of carbonyl (C=O) groups excluding carboxylic acids is 1. The van der Waals surface area contributed by atoms with Gasteiger partial charge in [-0.25, -0.2) is 0 Å². The smallest absolute Gasteiger partial charge is 0.306 e. The van der Waals surface area contributed by atoms with Crippen LogP contribution in [0.25, 0.3) is 0 Å². The zero-order chi connectivity index (χ0) is 13.7. The summed E-state index contributed by atoms with van der Waals surface area (Å²) in [6.07, 6.45) is 9.84. The molecule has 0 aliphatic heterocycles. The fraction of sp³-hybridized carbons (Fsp3) is 0.733. The second-order valence-corrected chi connectivity index (χ2v) is 5.72. The van der Waals surface area contributed by atoms with Crippen LogP contribution in [0.15, 0.2) is 11.6 Å². The molecular weight excluding hydrogens is 242 g/mol. The highest BCUT2D eigenvalue weighted by Gasteiger charge is 2.32. The van der Waals surface area contributed by atoms with Crippen LogP contribution in [-0.2, 0) is 9.59 Å². The maximum Gasteiger partial charge on any atom is 0.306 e. The topological polar surface area (TPSA) is 66.4 Å². The molecule has 1 fully saturated rings. The Morgan fingerprint density at radius 3 is 2.79 bits per heavy atom. The highest BCUT2D eigenvalue weighted by atomic mass is 16.4. The molecule has 0 spiro atoms. The molecule has 0 radical (unpaired) electrons. The van der Waals surface area contributed by atoms with Gasteiger partial charge in [-0.05, 0) is 44.4 Å². The zero-order valence-electron chi connectivity index (χ0n) is 11.4. The Balaban J connectivity index is 1.74. The summed E-state index contributed by atoms with van der Waals surface area (Å²) in [6, 6.07) is 0. The van der Waals surface area contributed by atoms with Gasteiger partial charge < -0.3 is 10.4 Å². The first-order chi connectivity index (χ1) is 9.16. The largest absolute Gasteiger partial charge is 0.481 e. The third-order valence-electron chi connectivity index (χ3n) is 4.31. The minimum Gasteiger partial charge on any atom is -0.481 e. The summed E-state index contributed by atoms with van der Waals surface area (Å²) in [4.78, 5) is 22.9. The van der Waals surface area contributed by atoms with Crippen LogP contribution in [0.1, 0.15) is 51.4 Å². The van der Waals surface area contributed by atoms with Gasteiger partial charge in [-0.3, -0.25) is 9.59 Å². The summed E-state index contributed by atoms with van der Waals surface area (Å²) in [7, 11) is 0. The molecule has 4 heteroatoms. The number of aliphatic carboxylic acids is 1. The first-order valence-electron chi connectivity index (χ1n) is 7.34. The maximum atomic E-state index is 11.8. The third-order valence-corrected chi connectivity index (χ3v) is 4.31. The lowest BCUT2D eigenvalue weighted by molar-refractivity contribution is -0.143. The van der Waals surface area contributed by atoms with Gasteiger partial charge in [0.25, 0.3) is 0 Å². The first-order valence-corrected chi connectivity index (χ1v) is 7.34. The molecule has 2 rings (SSSR count). The Kier molecular flexibility index (Phi) is 5.00. The summed E-state index contributed by atoms with van der Waals surface area (Å²) >= 11 is 0. The van der Waals surface area contributed by atoms with Crippen molar-refractivity contribution in [2.75, 3.05) is 6.54 Å². The van der Waals surface area contributed by atoms with Crippen LogP contribution < -0.4 is 5.32 Å². The van der Waals surface area contributed by atoms with Gasteiger partial charge in [0.05, 0.1) is 5.92 Å². The number of nitrogens with one attached hydrogen (secondary N) is 1. The lowest BCUT2D eigenvalue weighted by Gasteiger charge is -2.17. The van der Waals surface area contributed by atoms with Crippen LogP contribution >= 0.6 is 0 Å². The van der Waals surface area contributed by atoms with Crippen molar-refractivity contribution in [2.24, 2.45) is 11.8 Å². The summed E-state index contributed by atoms with van der Waals surface area (Å²) in [5.74, 6) is -0.827. The van der Waals surface area contributed by atoms with Crippen molar-refractivity contribution in [1.82, 2.24) is 5.32 Å². The Morgan fingerprint density at radius 1 is 1.26 bits per heavy atom. The van der Waals surface area contributed by atoms with Gasteiger partial charge in [-0.15, -0.1) is 0 Å². The number of carboxylic acid groups (broad SMARTS) is 1. The maximum absolute atomic E-state index is 11.8. The van der Waals surface area contributed by atoms with Crippen LogP contribution in [0.3, 0.4) is 0 Å². The van der Waals surface area contributed by atoms with Crippen LogP contribution in [0.4, 0.5) is 0 Å². The van der Waals surface area contributed by atoms with Crippen LogP contribution in [0.2, 0.25) is 0 Å². The first kappa shape index (κ1) is 14.1. The molecule has 0 heterocycles. The average Bonchev–Trinajstić information content (AvgIpc) is 2.86. The molecule has 1 saturated carbocycles. The van der Waals surface area contributed by atoms with Gasteiger partial charge in [-0.1, -0.05) is 18.1 Å². The Labute approximate surface area is 114 Å². The Morgan fingerprint density at radius 2 is 2.11 bits per heavy atom. The molecule has 0 bridgehead atoms. The molecule has 0 saturated heterocycles. The van der Waals surface area contributed by atoms with Crippen LogP contribution in [-0.4, -0.2) is 23.5 Å². The van der Waals surface area contributed by atoms with Gasteiger partial charge in [-0.2, -0.15) is 0 Å². The van der Waals surface area contributed by atoms with Crippen molar-refractivity contribution in [1.29, 1.82) is 0 Å². The van der Waals surface area contributed by atoms with Gasteiger partial charge in [0.15, 0.2) is 0 Å². The van der Waals surface area contributed by atoms with Crippen molar-refractivity contribution < 1.29 is 14.7 Å². The van der Waals surface area contributed by atoms with E-state index >= 15 is 0 Å². The SMILES string of the molecule is O=C(CC1=CCCCC1)NCC1CCCC1C(=O)O. The Hall–Kier alpha value is -1.32. The number of allylic oxidation sites excluding steroid dienone is 1. The van der Waals surface area contributed by atoms with E-state index in [1.54, 1.807) is 0 Å². The lowest BCUT2D eigenvalue weighted by atomic mass is 9.95. The van der Waals surface area contributed by atoms with E-state index in [0.717, 1.165) is 32.1 Å². The van der Waals surface area contributed by atoms with E-state index in [9.17, 15) is 9.59 Å². The number of hydrogen-bond donors (Lipinski definition) is 2.